The van der Waals surface area contributed by atoms with Gasteiger partial charge < -0.3 is 5.73 Å². The van der Waals surface area contributed by atoms with Gasteiger partial charge in [0.2, 0.25) is 0 Å². The lowest BCUT2D eigenvalue weighted by atomic mass is 10.1. The Labute approximate surface area is 129 Å². The second kappa shape index (κ2) is 5.73. The Morgan fingerprint density at radius 3 is 2.50 bits per heavy atom. The van der Waals surface area contributed by atoms with Crippen molar-refractivity contribution in [3.63, 3.8) is 0 Å². The maximum absolute atomic E-state index is 12.8. The van der Waals surface area contributed by atoms with Gasteiger partial charge in [0.15, 0.2) is 0 Å². The van der Waals surface area contributed by atoms with E-state index < -0.39 is 0 Å². The van der Waals surface area contributed by atoms with Crippen LogP contribution in [0, 0.1) is 6.92 Å². The number of nitrogens with zero attached hydrogens (tertiary/aromatic N) is 2. The van der Waals surface area contributed by atoms with Gasteiger partial charge in [-0.05, 0) is 26.0 Å². The fraction of sp³-hybridized carbons (Fsp3) is 0.222. The Bertz CT molecular complexity index is 864. The lowest BCUT2D eigenvalue weighted by Gasteiger charge is -2.15. The molecular formula is C18H19N3O. The van der Waals surface area contributed by atoms with Crippen molar-refractivity contribution >= 4 is 10.9 Å². The number of hydrogen-bond donors (Lipinski definition) is 1. The van der Waals surface area contributed by atoms with E-state index in [4.69, 9.17) is 10.7 Å². The van der Waals surface area contributed by atoms with E-state index in [0.29, 0.717) is 23.3 Å². The van der Waals surface area contributed by atoms with E-state index in [-0.39, 0.29) is 11.6 Å². The molecule has 3 rings (SSSR count). The summed E-state index contributed by atoms with van der Waals surface area (Å²) < 4.78 is 1.68. The van der Waals surface area contributed by atoms with E-state index in [9.17, 15) is 4.79 Å². The van der Waals surface area contributed by atoms with Crippen LogP contribution in [0.5, 0.6) is 0 Å². The third kappa shape index (κ3) is 2.65. The van der Waals surface area contributed by atoms with Gasteiger partial charge in [0.25, 0.3) is 5.56 Å². The molecule has 4 heteroatoms. The van der Waals surface area contributed by atoms with Crippen LogP contribution in [0.2, 0.25) is 0 Å². The SMILES string of the molecule is Cc1ccc(-c2nc3ccccc3c(=O)n2CC(C)N)cc1. The molecule has 0 aliphatic rings. The molecule has 1 aromatic heterocycles. The summed E-state index contributed by atoms with van der Waals surface area (Å²) in [6.07, 6.45) is 0. The van der Waals surface area contributed by atoms with Crippen LogP contribution in [-0.4, -0.2) is 15.6 Å². The summed E-state index contributed by atoms with van der Waals surface area (Å²) in [5, 5.41) is 0.624. The van der Waals surface area contributed by atoms with Gasteiger partial charge in [0, 0.05) is 18.2 Å². The summed E-state index contributed by atoms with van der Waals surface area (Å²) >= 11 is 0. The van der Waals surface area contributed by atoms with Crippen LogP contribution in [0.3, 0.4) is 0 Å². The number of aromatic nitrogens is 2. The summed E-state index contributed by atoms with van der Waals surface area (Å²) in [7, 11) is 0. The summed E-state index contributed by atoms with van der Waals surface area (Å²) in [6, 6.07) is 15.3. The first-order chi connectivity index (χ1) is 10.6. The van der Waals surface area contributed by atoms with Crippen LogP contribution in [0.4, 0.5) is 0 Å². The summed E-state index contributed by atoms with van der Waals surface area (Å²) in [4.78, 5) is 17.5. The van der Waals surface area contributed by atoms with Gasteiger partial charge >= 0.3 is 0 Å². The molecule has 0 bridgehead atoms. The van der Waals surface area contributed by atoms with Crippen LogP contribution in [0.25, 0.3) is 22.3 Å². The number of hydrogen-bond acceptors (Lipinski definition) is 3. The molecule has 22 heavy (non-hydrogen) atoms. The quantitative estimate of drug-likeness (QED) is 0.807. The third-order valence-corrected chi connectivity index (χ3v) is 3.64. The van der Waals surface area contributed by atoms with Gasteiger partial charge in [-0.1, -0.05) is 42.0 Å². The molecule has 0 saturated heterocycles. The lowest BCUT2D eigenvalue weighted by molar-refractivity contribution is 0.576. The van der Waals surface area contributed by atoms with E-state index in [1.165, 1.54) is 5.56 Å². The first-order valence-electron chi connectivity index (χ1n) is 7.38. The first-order valence-corrected chi connectivity index (χ1v) is 7.38. The maximum Gasteiger partial charge on any atom is 0.261 e. The van der Waals surface area contributed by atoms with Crippen LogP contribution in [0.1, 0.15) is 12.5 Å². The Kier molecular flexibility index (Phi) is 3.77. The minimum absolute atomic E-state index is 0.0431. The maximum atomic E-state index is 12.8. The van der Waals surface area contributed by atoms with E-state index in [1.54, 1.807) is 10.6 Å². The Morgan fingerprint density at radius 1 is 1.14 bits per heavy atom. The fourth-order valence-electron chi connectivity index (χ4n) is 2.55. The fourth-order valence-corrected chi connectivity index (χ4v) is 2.55. The molecule has 1 atom stereocenters. The van der Waals surface area contributed by atoms with Crippen molar-refractivity contribution in [1.29, 1.82) is 0 Å². The Balaban J connectivity index is 2.31. The normalized spacial score (nSPS) is 12.5. The zero-order valence-electron chi connectivity index (χ0n) is 12.8. The van der Waals surface area contributed by atoms with E-state index in [0.717, 1.165) is 5.56 Å². The summed E-state index contributed by atoms with van der Waals surface area (Å²) in [6.45, 7) is 4.37. The predicted molar refractivity (Wildman–Crippen MR) is 89.8 cm³/mol. The number of para-hydroxylation sites is 1. The average Bonchev–Trinajstić information content (AvgIpc) is 2.50. The van der Waals surface area contributed by atoms with Gasteiger partial charge in [0.1, 0.15) is 5.82 Å². The van der Waals surface area contributed by atoms with Gasteiger partial charge in [-0.2, -0.15) is 0 Å². The van der Waals surface area contributed by atoms with E-state index >= 15 is 0 Å². The molecule has 3 aromatic rings. The van der Waals surface area contributed by atoms with Crippen LogP contribution in [0.15, 0.2) is 53.3 Å². The molecule has 0 aliphatic carbocycles. The standard InChI is InChI=1S/C18H19N3O/c1-12-7-9-14(10-8-12)17-20-16-6-4-3-5-15(16)18(22)21(17)11-13(2)19/h3-10,13H,11,19H2,1-2H3. The van der Waals surface area contributed by atoms with Gasteiger partial charge in [-0.25, -0.2) is 4.98 Å². The molecule has 0 fully saturated rings. The second-order valence-electron chi connectivity index (χ2n) is 5.71. The van der Waals surface area contributed by atoms with Crippen molar-refractivity contribution in [2.24, 2.45) is 5.73 Å². The number of rotatable bonds is 3. The van der Waals surface area contributed by atoms with Gasteiger partial charge in [-0.15, -0.1) is 0 Å². The van der Waals surface area contributed by atoms with Crippen molar-refractivity contribution in [3.8, 4) is 11.4 Å². The number of nitrogens with two attached hydrogens (primary N) is 1. The number of aryl methyl sites for hydroxylation is 1. The molecule has 0 radical (unpaired) electrons. The van der Waals surface area contributed by atoms with Crippen molar-refractivity contribution in [2.75, 3.05) is 0 Å². The highest BCUT2D eigenvalue weighted by Crippen LogP contribution is 2.19. The zero-order valence-corrected chi connectivity index (χ0v) is 12.8. The molecule has 2 aromatic carbocycles. The largest absolute Gasteiger partial charge is 0.326 e. The second-order valence-corrected chi connectivity index (χ2v) is 5.71. The topological polar surface area (TPSA) is 60.9 Å². The van der Waals surface area contributed by atoms with E-state index in [2.05, 4.69) is 0 Å². The predicted octanol–water partition coefficient (Wildman–Crippen LogP) is 2.72. The molecule has 1 heterocycles. The zero-order chi connectivity index (χ0) is 15.7. The molecule has 0 aliphatic heterocycles. The molecule has 0 spiro atoms. The van der Waals surface area contributed by atoms with E-state index in [1.807, 2.05) is 56.3 Å². The monoisotopic (exact) mass is 293 g/mol. The molecule has 1 unspecified atom stereocenters. The van der Waals surface area contributed by atoms with Gasteiger partial charge in [0.05, 0.1) is 10.9 Å². The highest BCUT2D eigenvalue weighted by atomic mass is 16.1. The smallest absolute Gasteiger partial charge is 0.261 e. The van der Waals surface area contributed by atoms with Crippen LogP contribution >= 0.6 is 0 Å². The van der Waals surface area contributed by atoms with Gasteiger partial charge in [-0.3, -0.25) is 9.36 Å². The summed E-state index contributed by atoms with van der Waals surface area (Å²) in [5.41, 5.74) is 8.69. The molecule has 0 saturated carbocycles. The third-order valence-electron chi connectivity index (χ3n) is 3.64. The first kappa shape index (κ1) is 14.5. The molecule has 0 amide bonds. The number of fused-ring (bicyclic) bond motifs is 1. The molecule has 4 nitrogen and oxygen atoms in total. The number of benzene rings is 2. The van der Waals surface area contributed by atoms with Crippen molar-refractivity contribution < 1.29 is 0 Å². The van der Waals surface area contributed by atoms with Crippen LogP contribution < -0.4 is 11.3 Å². The minimum Gasteiger partial charge on any atom is -0.326 e. The Morgan fingerprint density at radius 2 is 1.82 bits per heavy atom. The average molecular weight is 293 g/mol. The lowest BCUT2D eigenvalue weighted by Crippen LogP contribution is -2.31. The van der Waals surface area contributed by atoms with Crippen LogP contribution in [-0.2, 0) is 6.54 Å². The molecular weight excluding hydrogens is 274 g/mol. The van der Waals surface area contributed by atoms with Crippen molar-refractivity contribution in [3.05, 3.63) is 64.4 Å². The van der Waals surface area contributed by atoms with Crippen molar-refractivity contribution in [1.82, 2.24) is 9.55 Å². The highest BCUT2D eigenvalue weighted by Gasteiger charge is 2.13. The molecule has 112 valence electrons. The van der Waals surface area contributed by atoms with Crippen molar-refractivity contribution in [2.45, 2.75) is 26.4 Å². The summed E-state index contributed by atoms with van der Waals surface area (Å²) in [5.74, 6) is 0.668. The minimum atomic E-state index is -0.120. The Hall–Kier alpha value is -2.46. The highest BCUT2D eigenvalue weighted by molar-refractivity contribution is 5.79. The molecule has 2 N–H and O–H groups in total.